The van der Waals surface area contributed by atoms with Gasteiger partial charge in [-0.2, -0.15) is 0 Å². The minimum atomic E-state index is -0.222. The van der Waals surface area contributed by atoms with Gasteiger partial charge in [0.25, 0.3) is 5.88 Å². The van der Waals surface area contributed by atoms with E-state index in [0.29, 0.717) is 5.75 Å². The molecule has 1 aromatic carbocycles. The second kappa shape index (κ2) is 5.57. The molecule has 0 unspecified atom stereocenters. The molecule has 0 bridgehead atoms. The highest BCUT2D eigenvalue weighted by Gasteiger charge is 2.10. The molecule has 5 heteroatoms. The number of halogens is 1. The summed E-state index contributed by atoms with van der Waals surface area (Å²) in [5.74, 6) is 0.732. The maximum atomic E-state index is 12.2. The minimum absolute atomic E-state index is 0.0730. The molecule has 0 saturated heterocycles. The van der Waals surface area contributed by atoms with Crippen molar-refractivity contribution in [1.29, 1.82) is 0 Å². The van der Waals surface area contributed by atoms with Crippen molar-refractivity contribution < 1.29 is 4.74 Å². The topological polar surface area (TPSA) is 44.1 Å². The predicted molar refractivity (Wildman–Crippen MR) is 77.8 cm³/mol. The van der Waals surface area contributed by atoms with Crippen molar-refractivity contribution in [2.45, 2.75) is 26.8 Å². The van der Waals surface area contributed by atoms with Crippen LogP contribution in [-0.2, 0) is 0 Å². The number of hydrogen-bond acceptors (Lipinski definition) is 3. The van der Waals surface area contributed by atoms with Crippen LogP contribution in [0.25, 0.3) is 0 Å². The lowest BCUT2D eigenvalue weighted by Gasteiger charge is -2.12. The summed E-state index contributed by atoms with van der Waals surface area (Å²) >= 11 is 3.39. The van der Waals surface area contributed by atoms with Crippen molar-refractivity contribution >= 4 is 15.9 Å². The molecule has 0 radical (unpaired) electrons. The first kappa shape index (κ1) is 13.8. The van der Waals surface area contributed by atoms with Crippen LogP contribution in [0.2, 0.25) is 0 Å². The van der Waals surface area contributed by atoms with Gasteiger partial charge in [-0.1, -0.05) is 15.9 Å². The van der Waals surface area contributed by atoms with Crippen LogP contribution in [0.4, 0.5) is 0 Å². The normalized spacial score (nSPS) is 10.8. The minimum Gasteiger partial charge on any atom is -0.434 e. The van der Waals surface area contributed by atoms with Crippen molar-refractivity contribution in [2.24, 2.45) is 0 Å². The van der Waals surface area contributed by atoms with Crippen LogP contribution in [0, 0.1) is 6.92 Å². The van der Waals surface area contributed by atoms with E-state index in [1.807, 2.05) is 39.0 Å². The van der Waals surface area contributed by atoms with Crippen molar-refractivity contribution in [2.75, 3.05) is 0 Å². The number of rotatable bonds is 3. The maximum absolute atomic E-state index is 12.2. The second-order valence-electron chi connectivity index (χ2n) is 4.55. The van der Waals surface area contributed by atoms with Gasteiger partial charge in [-0.05, 0) is 44.5 Å². The summed E-state index contributed by atoms with van der Waals surface area (Å²) in [7, 11) is 0. The molecule has 2 rings (SSSR count). The number of aryl methyl sites for hydroxylation is 1. The van der Waals surface area contributed by atoms with Crippen LogP contribution >= 0.6 is 15.9 Å². The quantitative estimate of drug-likeness (QED) is 0.865. The highest BCUT2D eigenvalue weighted by atomic mass is 79.9. The van der Waals surface area contributed by atoms with E-state index in [1.165, 1.54) is 0 Å². The Morgan fingerprint density at radius 1 is 1.37 bits per heavy atom. The maximum Gasteiger partial charge on any atom is 0.313 e. The molecule has 100 valence electrons. The molecule has 0 fully saturated rings. The first-order valence-corrected chi connectivity index (χ1v) is 6.79. The van der Waals surface area contributed by atoms with E-state index in [0.717, 1.165) is 10.0 Å². The summed E-state index contributed by atoms with van der Waals surface area (Å²) in [6.07, 6.45) is 3.24. The Bertz CT molecular complexity index is 650. The number of hydrogen-bond donors (Lipinski definition) is 0. The van der Waals surface area contributed by atoms with Crippen molar-refractivity contribution in [3.8, 4) is 11.6 Å². The second-order valence-corrected chi connectivity index (χ2v) is 5.47. The Hall–Kier alpha value is -1.62. The van der Waals surface area contributed by atoms with E-state index in [9.17, 15) is 4.79 Å². The van der Waals surface area contributed by atoms with E-state index in [-0.39, 0.29) is 17.5 Å². The predicted octanol–water partition coefficient (Wildman–Crippen LogP) is 3.69. The Labute approximate surface area is 120 Å². The van der Waals surface area contributed by atoms with Gasteiger partial charge >= 0.3 is 5.56 Å². The monoisotopic (exact) mass is 322 g/mol. The molecule has 0 atom stereocenters. The van der Waals surface area contributed by atoms with Gasteiger partial charge in [-0.25, -0.2) is 4.98 Å². The average molecular weight is 323 g/mol. The summed E-state index contributed by atoms with van der Waals surface area (Å²) in [4.78, 5) is 16.2. The lowest BCUT2D eigenvalue weighted by Crippen LogP contribution is -2.23. The van der Waals surface area contributed by atoms with Gasteiger partial charge in [0.1, 0.15) is 5.75 Å². The van der Waals surface area contributed by atoms with Gasteiger partial charge < -0.3 is 9.30 Å². The van der Waals surface area contributed by atoms with Crippen molar-refractivity contribution in [3.63, 3.8) is 0 Å². The van der Waals surface area contributed by atoms with E-state index in [2.05, 4.69) is 20.9 Å². The van der Waals surface area contributed by atoms with Gasteiger partial charge in [0.2, 0.25) is 0 Å². The molecular formula is C14H15BrN2O2. The Morgan fingerprint density at radius 2 is 2.11 bits per heavy atom. The average Bonchev–Trinajstić information content (AvgIpc) is 2.34. The largest absolute Gasteiger partial charge is 0.434 e. The van der Waals surface area contributed by atoms with Crippen LogP contribution < -0.4 is 10.3 Å². The summed E-state index contributed by atoms with van der Waals surface area (Å²) in [5.41, 5.74) is 0.718. The van der Waals surface area contributed by atoms with Crippen LogP contribution in [0.15, 0.2) is 39.9 Å². The molecule has 0 amide bonds. The standard InChI is InChI=1S/C14H15BrN2O2/c1-9(2)17-7-6-16-13(14(17)18)19-12-5-4-11(15)8-10(12)3/h4-9H,1-3H3. The third-order valence-electron chi connectivity index (χ3n) is 2.74. The first-order chi connectivity index (χ1) is 8.99. The van der Waals surface area contributed by atoms with Crippen LogP contribution in [0.3, 0.4) is 0 Å². The highest BCUT2D eigenvalue weighted by molar-refractivity contribution is 9.10. The SMILES string of the molecule is Cc1cc(Br)ccc1Oc1nccn(C(C)C)c1=O. The molecule has 0 aliphatic carbocycles. The molecule has 0 spiro atoms. The zero-order valence-electron chi connectivity index (χ0n) is 11.1. The zero-order chi connectivity index (χ0) is 14.0. The van der Waals surface area contributed by atoms with E-state index in [4.69, 9.17) is 4.74 Å². The number of nitrogens with zero attached hydrogens (tertiary/aromatic N) is 2. The number of benzene rings is 1. The van der Waals surface area contributed by atoms with Gasteiger partial charge in [0.05, 0.1) is 0 Å². The van der Waals surface area contributed by atoms with Gasteiger partial charge in [-0.3, -0.25) is 4.79 Å². The summed E-state index contributed by atoms with van der Waals surface area (Å²) < 4.78 is 8.18. The lowest BCUT2D eigenvalue weighted by atomic mass is 10.2. The number of ether oxygens (including phenoxy) is 1. The van der Waals surface area contributed by atoms with Gasteiger partial charge in [0.15, 0.2) is 0 Å². The molecule has 0 saturated carbocycles. The third-order valence-corrected chi connectivity index (χ3v) is 3.23. The van der Waals surface area contributed by atoms with Crippen LogP contribution in [-0.4, -0.2) is 9.55 Å². The van der Waals surface area contributed by atoms with Gasteiger partial charge in [0, 0.05) is 22.9 Å². The molecule has 0 aliphatic heterocycles. The molecule has 4 nitrogen and oxygen atoms in total. The molecule has 1 aromatic heterocycles. The molecular weight excluding hydrogens is 308 g/mol. The Balaban J connectivity index is 2.39. The van der Waals surface area contributed by atoms with E-state index < -0.39 is 0 Å². The fraction of sp³-hybridized carbons (Fsp3) is 0.286. The summed E-state index contributed by atoms with van der Waals surface area (Å²) in [5, 5.41) is 0. The summed E-state index contributed by atoms with van der Waals surface area (Å²) in [6, 6.07) is 5.68. The molecule has 19 heavy (non-hydrogen) atoms. The molecule has 0 aliphatic rings. The van der Waals surface area contributed by atoms with Crippen molar-refractivity contribution in [1.82, 2.24) is 9.55 Å². The first-order valence-electron chi connectivity index (χ1n) is 6.00. The fourth-order valence-electron chi connectivity index (χ4n) is 1.71. The van der Waals surface area contributed by atoms with E-state index in [1.54, 1.807) is 17.0 Å². The fourth-order valence-corrected chi connectivity index (χ4v) is 2.19. The lowest BCUT2D eigenvalue weighted by molar-refractivity contribution is 0.434. The van der Waals surface area contributed by atoms with Crippen LogP contribution in [0.5, 0.6) is 11.6 Å². The third kappa shape index (κ3) is 3.04. The van der Waals surface area contributed by atoms with Gasteiger partial charge in [-0.15, -0.1) is 0 Å². The number of aromatic nitrogens is 2. The van der Waals surface area contributed by atoms with Crippen LogP contribution in [0.1, 0.15) is 25.5 Å². The van der Waals surface area contributed by atoms with Crippen molar-refractivity contribution in [3.05, 3.63) is 51.0 Å². The molecule has 0 N–H and O–H groups in total. The molecule has 1 heterocycles. The van der Waals surface area contributed by atoms with E-state index >= 15 is 0 Å². The zero-order valence-corrected chi connectivity index (χ0v) is 12.6. The Morgan fingerprint density at radius 3 is 2.74 bits per heavy atom. The Kier molecular flexibility index (Phi) is 4.04. The summed E-state index contributed by atoms with van der Waals surface area (Å²) in [6.45, 7) is 5.80. The highest BCUT2D eigenvalue weighted by Crippen LogP contribution is 2.25. The smallest absolute Gasteiger partial charge is 0.313 e. The molecule has 2 aromatic rings.